The summed E-state index contributed by atoms with van der Waals surface area (Å²) in [5, 5.41) is 29.1. The van der Waals surface area contributed by atoms with Crippen molar-refractivity contribution in [3.05, 3.63) is 29.3 Å². The fourth-order valence-corrected chi connectivity index (χ4v) is 1.60. The lowest BCUT2D eigenvalue weighted by atomic mass is 9.99. The van der Waals surface area contributed by atoms with Crippen molar-refractivity contribution in [3.8, 4) is 5.75 Å². The van der Waals surface area contributed by atoms with Gasteiger partial charge in [0.15, 0.2) is 0 Å². The van der Waals surface area contributed by atoms with Gasteiger partial charge < -0.3 is 24.8 Å². The second-order valence-corrected chi connectivity index (χ2v) is 4.06. The molecular weight excluding hydrogens is 268 g/mol. The van der Waals surface area contributed by atoms with E-state index in [-0.39, 0.29) is 16.9 Å². The molecule has 0 bridgehead atoms. The van der Waals surface area contributed by atoms with Gasteiger partial charge in [-0.3, -0.25) is 4.79 Å². The van der Waals surface area contributed by atoms with Gasteiger partial charge in [-0.2, -0.15) is 0 Å². The van der Waals surface area contributed by atoms with E-state index in [0.29, 0.717) is 0 Å². The Hall–Kier alpha value is -2.12. The zero-order chi connectivity index (χ0) is 15.3. The minimum Gasteiger partial charge on any atom is -0.507 e. The first-order valence-corrected chi connectivity index (χ1v) is 5.74. The van der Waals surface area contributed by atoms with Crippen LogP contribution in [0.5, 0.6) is 5.75 Å². The molecule has 0 aliphatic rings. The van der Waals surface area contributed by atoms with Crippen LogP contribution < -0.4 is 0 Å². The number of aliphatic hydroxyl groups is 2. The molecule has 20 heavy (non-hydrogen) atoms. The van der Waals surface area contributed by atoms with Crippen LogP contribution in [0.1, 0.15) is 28.4 Å². The van der Waals surface area contributed by atoms with E-state index >= 15 is 0 Å². The lowest BCUT2D eigenvalue weighted by Gasteiger charge is -2.18. The first-order valence-electron chi connectivity index (χ1n) is 5.74. The molecule has 0 spiro atoms. The minimum atomic E-state index is -1.40. The molecule has 1 aromatic rings. The Balaban J connectivity index is 2.96. The molecule has 0 heterocycles. The monoisotopic (exact) mass is 284 g/mol. The molecule has 0 aliphatic heterocycles. The average Bonchev–Trinajstić information content (AvgIpc) is 2.45. The third-order valence-electron chi connectivity index (χ3n) is 2.74. The van der Waals surface area contributed by atoms with Crippen molar-refractivity contribution in [2.75, 3.05) is 14.2 Å². The number of phenolic OH excluding ortho intramolecular Hbond substituents is 1. The van der Waals surface area contributed by atoms with Crippen LogP contribution in [-0.4, -0.2) is 47.6 Å². The number of aliphatic hydroxyl groups excluding tert-OH is 2. The highest BCUT2D eigenvalue weighted by Gasteiger charge is 2.23. The van der Waals surface area contributed by atoms with Crippen molar-refractivity contribution in [2.45, 2.75) is 18.6 Å². The predicted molar refractivity (Wildman–Crippen MR) is 67.0 cm³/mol. The van der Waals surface area contributed by atoms with Crippen molar-refractivity contribution in [3.63, 3.8) is 0 Å². The lowest BCUT2D eigenvalue weighted by Crippen LogP contribution is -2.22. The van der Waals surface area contributed by atoms with Crippen LogP contribution in [0.3, 0.4) is 0 Å². The number of methoxy groups -OCH3 is 2. The number of aromatic hydroxyl groups is 1. The molecule has 0 saturated carbocycles. The van der Waals surface area contributed by atoms with Crippen molar-refractivity contribution in [1.82, 2.24) is 0 Å². The zero-order valence-corrected chi connectivity index (χ0v) is 11.1. The van der Waals surface area contributed by atoms with Gasteiger partial charge >= 0.3 is 11.9 Å². The summed E-state index contributed by atoms with van der Waals surface area (Å²) in [5.41, 5.74) is 0.0221. The highest BCUT2D eigenvalue weighted by molar-refractivity contribution is 5.92. The molecule has 0 aliphatic carbocycles. The Morgan fingerprint density at radius 3 is 2.40 bits per heavy atom. The number of carbonyl (C=O) groups is 2. The number of hydrogen-bond donors (Lipinski definition) is 3. The van der Waals surface area contributed by atoms with E-state index in [1.165, 1.54) is 18.2 Å². The summed E-state index contributed by atoms with van der Waals surface area (Å²) in [6.07, 6.45) is -3.19. The largest absolute Gasteiger partial charge is 0.507 e. The first-order chi connectivity index (χ1) is 9.40. The van der Waals surface area contributed by atoms with Crippen LogP contribution in [0, 0.1) is 0 Å². The van der Waals surface area contributed by atoms with Gasteiger partial charge in [0.2, 0.25) is 0 Å². The number of hydrogen-bond acceptors (Lipinski definition) is 7. The average molecular weight is 284 g/mol. The maximum Gasteiger partial charge on any atom is 0.341 e. The quantitative estimate of drug-likeness (QED) is 0.659. The summed E-state index contributed by atoms with van der Waals surface area (Å²) in [6.45, 7) is 0. The predicted octanol–water partition coefficient (Wildman–Crippen LogP) is 0.136. The summed E-state index contributed by atoms with van der Waals surface area (Å²) < 4.78 is 8.86. The highest BCUT2D eigenvalue weighted by Crippen LogP contribution is 2.25. The summed E-state index contributed by atoms with van der Waals surface area (Å²) in [6, 6.07) is 3.70. The molecular formula is C13H16O7. The van der Waals surface area contributed by atoms with Crippen LogP contribution in [0.2, 0.25) is 0 Å². The Morgan fingerprint density at radius 2 is 1.85 bits per heavy atom. The number of phenols is 1. The fourth-order valence-electron chi connectivity index (χ4n) is 1.60. The molecule has 110 valence electrons. The number of benzene rings is 1. The van der Waals surface area contributed by atoms with E-state index in [1.54, 1.807) is 0 Å². The summed E-state index contributed by atoms with van der Waals surface area (Å²) >= 11 is 0. The highest BCUT2D eigenvalue weighted by atomic mass is 16.5. The van der Waals surface area contributed by atoms with Gasteiger partial charge in [-0.05, 0) is 17.7 Å². The van der Waals surface area contributed by atoms with E-state index in [0.717, 1.165) is 14.2 Å². The Morgan fingerprint density at radius 1 is 1.20 bits per heavy atom. The maximum absolute atomic E-state index is 11.4. The third-order valence-corrected chi connectivity index (χ3v) is 2.74. The van der Waals surface area contributed by atoms with Crippen molar-refractivity contribution in [1.29, 1.82) is 0 Å². The standard InChI is InChI=1S/C13H16O7/c1-19-11(16)6-10(15)12(17)7-3-4-9(14)8(5-7)13(18)20-2/h3-5,10,12,14-15,17H,6H2,1-2H3. The lowest BCUT2D eigenvalue weighted by molar-refractivity contribution is -0.144. The van der Waals surface area contributed by atoms with E-state index in [1.807, 2.05) is 0 Å². The summed E-state index contributed by atoms with van der Waals surface area (Å²) in [5.74, 6) is -1.77. The van der Waals surface area contributed by atoms with Gasteiger partial charge in [0.1, 0.15) is 17.4 Å². The normalized spacial score (nSPS) is 13.4. The van der Waals surface area contributed by atoms with Gasteiger partial charge in [-0.15, -0.1) is 0 Å². The second kappa shape index (κ2) is 6.88. The first kappa shape index (κ1) is 15.9. The molecule has 7 nitrogen and oxygen atoms in total. The second-order valence-electron chi connectivity index (χ2n) is 4.06. The molecule has 0 fully saturated rings. The molecule has 0 amide bonds. The molecule has 0 aromatic heterocycles. The van der Waals surface area contributed by atoms with Crippen molar-refractivity contribution in [2.24, 2.45) is 0 Å². The van der Waals surface area contributed by atoms with Crippen LogP contribution in [0.4, 0.5) is 0 Å². The molecule has 7 heteroatoms. The molecule has 1 aromatic carbocycles. The van der Waals surface area contributed by atoms with Crippen LogP contribution in [0.15, 0.2) is 18.2 Å². The van der Waals surface area contributed by atoms with Crippen LogP contribution >= 0.6 is 0 Å². The molecule has 0 saturated heterocycles. The Labute approximate surface area is 115 Å². The molecule has 0 radical (unpaired) electrons. The van der Waals surface area contributed by atoms with Crippen LogP contribution in [-0.2, 0) is 14.3 Å². The molecule has 3 N–H and O–H groups in total. The number of carbonyl (C=O) groups excluding carboxylic acids is 2. The molecule has 2 unspecified atom stereocenters. The summed E-state index contributed by atoms with van der Waals surface area (Å²) in [7, 11) is 2.31. The zero-order valence-electron chi connectivity index (χ0n) is 11.1. The molecule has 2 atom stereocenters. The van der Waals surface area contributed by atoms with Gasteiger partial charge in [-0.1, -0.05) is 6.07 Å². The van der Waals surface area contributed by atoms with E-state index in [4.69, 9.17) is 0 Å². The SMILES string of the molecule is COC(=O)CC(O)C(O)c1ccc(O)c(C(=O)OC)c1. The fraction of sp³-hybridized carbons (Fsp3) is 0.385. The van der Waals surface area contributed by atoms with Gasteiger partial charge in [0.05, 0.1) is 26.7 Å². The van der Waals surface area contributed by atoms with E-state index < -0.39 is 30.6 Å². The summed E-state index contributed by atoms with van der Waals surface area (Å²) in [4.78, 5) is 22.4. The van der Waals surface area contributed by atoms with Gasteiger partial charge in [0.25, 0.3) is 0 Å². The Bertz CT molecular complexity index is 497. The third kappa shape index (κ3) is 3.69. The topological polar surface area (TPSA) is 113 Å². The minimum absolute atomic E-state index is 0.144. The number of esters is 2. The smallest absolute Gasteiger partial charge is 0.341 e. The van der Waals surface area contributed by atoms with Crippen molar-refractivity contribution < 1.29 is 34.4 Å². The Kier molecular flexibility index (Phi) is 5.48. The van der Waals surface area contributed by atoms with E-state index in [2.05, 4.69) is 9.47 Å². The molecule has 1 rings (SSSR count). The van der Waals surface area contributed by atoms with Gasteiger partial charge in [-0.25, -0.2) is 4.79 Å². The van der Waals surface area contributed by atoms with Crippen molar-refractivity contribution >= 4 is 11.9 Å². The van der Waals surface area contributed by atoms with Crippen LogP contribution in [0.25, 0.3) is 0 Å². The number of rotatable bonds is 5. The van der Waals surface area contributed by atoms with E-state index in [9.17, 15) is 24.9 Å². The maximum atomic E-state index is 11.4. The number of ether oxygens (including phenoxy) is 2. The van der Waals surface area contributed by atoms with Gasteiger partial charge in [0, 0.05) is 0 Å².